The molecule has 0 aliphatic rings. The first kappa shape index (κ1) is 12.5. The molecule has 0 radical (unpaired) electrons. The van der Waals surface area contributed by atoms with Crippen molar-refractivity contribution in [3.63, 3.8) is 0 Å². The molecule has 4 nitrogen and oxygen atoms in total. The van der Waals surface area contributed by atoms with Gasteiger partial charge in [-0.05, 0) is 30.7 Å². The molecule has 0 amide bonds. The highest BCUT2D eigenvalue weighted by molar-refractivity contribution is 5.49. The van der Waals surface area contributed by atoms with Crippen LogP contribution in [0.5, 0.6) is 0 Å². The van der Waals surface area contributed by atoms with Gasteiger partial charge in [-0.3, -0.25) is 0 Å². The fourth-order valence-electron chi connectivity index (χ4n) is 2.00. The number of anilines is 1. The lowest BCUT2D eigenvalue weighted by molar-refractivity contribution is 0.657. The van der Waals surface area contributed by atoms with Gasteiger partial charge in [0.15, 0.2) is 0 Å². The lowest BCUT2D eigenvalue weighted by Gasteiger charge is -2.28. The van der Waals surface area contributed by atoms with Crippen LogP contribution in [0.2, 0.25) is 0 Å². The zero-order valence-electron chi connectivity index (χ0n) is 10.7. The van der Waals surface area contributed by atoms with Crippen molar-refractivity contribution in [2.24, 2.45) is 5.73 Å². The van der Waals surface area contributed by atoms with Gasteiger partial charge >= 0.3 is 0 Å². The minimum Gasteiger partial charge on any atom is -0.365 e. The van der Waals surface area contributed by atoms with E-state index in [9.17, 15) is 0 Å². The van der Waals surface area contributed by atoms with Crippen LogP contribution >= 0.6 is 0 Å². The van der Waals surface area contributed by atoms with E-state index in [1.54, 1.807) is 12.5 Å². The second kappa shape index (κ2) is 5.60. The van der Waals surface area contributed by atoms with E-state index in [4.69, 9.17) is 5.73 Å². The average molecular weight is 242 g/mol. The van der Waals surface area contributed by atoms with Gasteiger partial charge in [-0.25, -0.2) is 9.97 Å². The summed E-state index contributed by atoms with van der Waals surface area (Å²) in [7, 11) is 2.04. The number of hydrogen-bond donors (Lipinski definition) is 1. The summed E-state index contributed by atoms with van der Waals surface area (Å²) in [6.07, 6.45) is 3.30. The molecular formula is C14H18N4. The number of aryl methyl sites for hydroxylation is 1. The summed E-state index contributed by atoms with van der Waals surface area (Å²) in [5.74, 6) is 0. The Morgan fingerprint density at radius 1 is 1.33 bits per heavy atom. The Labute approximate surface area is 107 Å². The van der Waals surface area contributed by atoms with Gasteiger partial charge < -0.3 is 10.6 Å². The molecule has 0 bridgehead atoms. The Bertz CT molecular complexity index is 498. The molecule has 4 heteroatoms. The topological polar surface area (TPSA) is 55.0 Å². The standard InChI is InChI=1S/C14H18N4/c1-11-4-3-5-12(8-11)18(2)14(9-15)13-6-7-16-10-17-13/h3-8,10,14H,9,15H2,1-2H3. The fourth-order valence-corrected chi connectivity index (χ4v) is 2.00. The fraction of sp³-hybridized carbons (Fsp3) is 0.286. The third kappa shape index (κ3) is 2.65. The minimum absolute atomic E-state index is 0.0646. The summed E-state index contributed by atoms with van der Waals surface area (Å²) in [5, 5.41) is 0. The molecule has 1 heterocycles. The number of nitrogens with zero attached hydrogens (tertiary/aromatic N) is 3. The van der Waals surface area contributed by atoms with Crippen molar-refractivity contribution in [1.29, 1.82) is 0 Å². The summed E-state index contributed by atoms with van der Waals surface area (Å²) in [6.45, 7) is 2.60. The molecule has 1 atom stereocenters. The molecule has 0 saturated heterocycles. The zero-order valence-corrected chi connectivity index (χ0v) is 10.7. The van der Waals surface area contributed by atoms with E-state index >= 15 is 0 Å². The van der Waals surface area contributed by atoms with Crippen LogP contribution in [0.4, 0.5) is 5.69 Å². The molecule has 0 spiro atoms. The molecule has 94 valence electrons. The highest BCUT2D eigenvalue weighted by Crippen LogP contribution is 2.23. The summed E-state index contributed by atoms with van der Waals surface area (Å²) in [6, 6.07) is 10.3. The van der Waals surface area contributed by atoms with Crippen LogP contribution in [0, 0.1) is 6.92 Å². The zero-order chi connectivity index (χ0) is 13.0. The monoisotopic (exact) mass is 242 g/mol. The third-order valence-corrected chi connectivity index (χ3v) is 3.05. The second-order valence-corrected chi connectivity index (χ2v) is 4.34. The number of nitrogens with two attached hydrogens (primary N) is 1. The van der Waals surface area contributed by atoms with Gasteiger partial charge in [-0.2, -0.15) is 0 Å². The van der Waals surface area contributed by atoms with E-state index in [0.717, 1.165) is 11.4 Å². The Balaban J connectivity index is 2.28. The van der Waals surface area contributed by atoms with Crippen LogP contribution in [0.25, 0.3) is 0 Å². The largest absolute Gasteiger partial charge is 0.365 e. The number of aromatic nitrogens is 2. The molecule has 0 aliphatic carbocycles. The summed E-state index contributed by atoms with van der Waals surface area (Å²) < 4.78 is 0. The van der Waals surface area contributed by atoms with Gasteiger partial charge in [0.05, 0.1) is 11.7 Å². The smallest absolute Gasteiger partial charge is 0.115 e. The first-order valence-electron chi connectivity index (χ1n) is 5.98. The number of benzene rings is 1. The highest BCUT2D eigenvalue weighted by Gasteiger charge is 2.17. The normalized spacial score (nSPS) is 12.2. The second-order valence-electron chi connectivity index (χ2n) is 4.34. The van der Waals surface area contributed by atoms with Crippen LogP contribution in [-0.4, -0.2) is 23.6 Å². The molecule has 1 unspecified atom stereocenters. The molecule has 18 heavy (non-hydrogen) atoms. The van der Waals surface area contributed by atoms with E-state index < -0.39 is 0 Å². The molecule has 0 saturated carbocycles. The van der Waals surface area contributed by atoms with Crippen molar-refractivity contribution in [3.05, 3.63) is 54.1 Å². The van der Waals surface area contributed by atoms with Crippen molar-refractivity contribution < 1.29 is 0 Å². The number of hydrogen-bond acceptors (Lipinski definition) is 4. The van der Waals surface area contributed by atoms with Crippen molar-refractivity contribution in [2.75, 3.05) is 18.5 Å². The van der Waals surface area contributed by atoms with Crippen molar-refractivity contribution in [2.45, 2.75) is 13.0 Å². The van der Waals surface area contributed by atoms with E-state index in [-0.39, 0.29) is 6.04 Å². The third-order valence-electron chi connectivity index (χ3n) is 3.05. The molecule has 2 rings (SSSR count). The quantitative estimate of drug-likeness (QED) is 0.890. The molecule has 2 aromatic rings. The summed E-state index contributed by atoms with van der Waals surface area (Å²) >= 11 is 0. The maximum Gasteiger partial charge on any atom is 0.115 e. The maximum atomic E-state index is 5.88. The average Bonchev–Trinajstić information content (AvgIpc) is 2.41. The lowest BCUT2D eigenvalue weighted by Crippen LogP contribution is -2.31. The van der Waals surface area contributed by atoms with Crippen LogP contribution < -0.4 is 10.6 Å². The predicted octanol–water partition coefficient (Wildman–Crippen LogP) is 1.92. The van der Waals surface area contributed by atoms with E-state index in [0.29, 0.717) is 6.54 Å². The van der Waals surface area contributed by atoms with Crippen LogP contribution in [0.3, 0.4) is 0 Å². The Kier molecular flexibility index (Phi) is 3.89. The van der Waals surface area contributed by atoms with Crippen LogP contribution in [-0.2, 0) is 0 Å². The van der Waals surface area contributed by atoms with Crippen LogP contribution in [0.15, 0.2) is 42.9 Å². The van der Waals surface area contributed by atoms with Crippen molar-refractivity contribution >= 4 is 5.69 Å². The van der Waals surface area contributed by atoms with E-state index in [2.05, 4.69) is 46.1 Å². The van der Waals surface area contributed by atoms with Gasteiger partial charge in [-0.1, -0.05) is 12.1 Å². The van der Waals surface area contributed by atoms with Gasteiger partial charge in [0, 0.05) is 25.5 Å². The van der Waals surface area contributed by atoms with Crippen molar-refractivity contribution in [1.82, 2.24) is 9.97 Å². The highest BCUT2D eigenvalue weighted by atomic mass is 15.2. The van der Waals surface area contributed by atoms with E-state index in [1.807, 2.05) is 13.1 Å². The summed E-state index contributed by atoms with van der Waals surface area (Å²) in [4.78, 5) is 10.4. The Hall–Kier alpha value is -1.94. The lowest BCUT2D eigenvalue weighted by atomic mass is 10.1. The predicted molar refractivity (Wildman–Crippen MR) is 73.4 cm³/mol. The van der Waals surface area contributed by atoms with E-state index in [1.165, 1.54) is 5.56 Å². The molecular weight excluding hydrogens is 224 g/mol. The SMILES string of the molecule is Cc1cccc(N(C)C(CN)c2ccncn2)c1. The van der Waals surface area contributed by atoms with Crippen molar-refractivity contribution in [3.8, 4) is 0 Å². The number of rotatable bonds is 4. The van der Waals surface area contributed by atoms with Gasteiger partial charge in [0.1, 0.15) is 6.33 Å². The van der Waals surface area contributed by atoms with Gasteiger partial charge in [0.25, 0.3) is 0 Å². The minimum atomic E-state index is 0.0646. The molecule has 1 aromatic carbocycles. The Morgan fingerprint density at radius 2 is 2.17 bits per heavy atom. The van der Waals surface area contributed by atoms with Gasteiger partial charge in [-0.15, -0.1) is 0 Å². The molecule has 0 aliphatic heterocycles. The van der Waals surface area contributed by atoms with Gasteiger partial charge in [0.2, 0.25) is 0 Å². The molecule has 0 fully saturated rings. The van der Waals surface area contributed by atoms with Crippen LogP contribution in [0.1, 0.15) is 17.3 Å². The Morgan fingerprint density at radius 3 is 2.78 bits per heavy atom. The molecule has 1 aromatic heterocycles. The number of likely N-dealkylation sites (N-methyl/N-ethyl adjacent to an activating group) is 1. The first-order valence-corrected chi connectivity index (χ1v) is 5.98. The first-order chi connectivity index (χ1) is 8.72. The summed E-state index contributed by atoms with van der Waals surface area (Å²) in [5.41, 5.74) is 9.20. The molecule has 2 N–H and O–H groups in total. The maximum absolute atomic E-state index is 5.88.